The molecule has 0 spiro atoms. The number of pyridine rings is 1. The van der Waals surface area contributed by atoms with Gasteiger partial charge < -0.3 is 4.90 Å². The summed E-state index contributed by atoms with van der Waals surface area (Å²) >= 11 is 0. The summed E-state index contributed by atoms with van der Waals surface area (Å²) in [5.74, 6) is 0.569. The zero-order valence-electron chi connectivity index (χ0n) is 13.7. The summed E-state index contributed by atoms with van der Waals surface area (Å²) in [5, 5.41) is 6.54. The van der Waals surface area contributed by atoms with Gasteiger partial charge in [0.15, 0.2) is 0 Å². The lowest BCUT2D eigenvalue weighted by molar-refractivity contribution is 0.0787. The zero-order chi connectivity index (χ0) is 16.5. The third-order valence-electron chi connectivity index (χ3n) is 4.78. The van der Waals surface area contributed by atoms with Crippen LogP contribution in [-0.4, -0.2) is 38.7 Å². The molecule has 1 atom stereocenters. The van der Waals surface area contributed by atoms with E-state index in [2.05, 4.69) is 28.3 Å². The number of carbonyl (C=O) groups is 1. The number of carbonyl (C=O) groups excluding carboxylic acids is 1. The van der Waals surface area contributed by atoms with Crippen molar-refractivity contribution >= 4 is 16.7 Å². The number of likely N-dealkylation sites (tertiary alicyclic amines) is 1. The van der Waals surface area contributed by atoms with Crippen molar-refractivity contribution in [3.63, 3.8) is 0 Å². The predicted molar refractivity (Wildman–Crippen MR) is 92.7 cm³/mol. The van der Waals surface area contributed by atoms with Gasteiger partial charge in [0.25, 0.3) is 5.91 Å². The van der Waals surface area contributed by atoms with Crippen LogP contribution in [0.25, 0.3) is 10.8 Å². The number of hydrogen-bond donors (Lipinski definition) is 0. The average Bonchev–Trinajstić information content (AvgIpc) is 3.24. The first-order valence-electron chi connectivity index (χ1n) is 8.30. The van der Waals surface area contributed by atoms with E-state index in [-0.39, 0.29) is 5.91 Å². The number of aromatic nitrogens is 3. The molecule has 1 fully saturated rings. The minimum absolute atomic E-state index is 0.0849. The maximum Gasteiger partial charge on any atom is 0.257 e. The van der Waals surface area contributed by atoms with Gasteiger partial charge in [-0.2, -0.15) is 5.10 Å². The van der Waals surface area contributed by atoms with Gasteiger partial charge in [-0.05, 0) is 29.7 Å². The van der Waals surface area contributed by atoms with Crippen LogP contribution in [-0.2, 0) is 13.5 Å². The van der Waals surface area contributed by atoms with Crippen LogP contribution in [0, 0.1) is 5.92 Å². The van der Waals surface area contributed by atoms with Gasteiger partial charge >= 0.3 is 0 Å². The molecular weight excluding hydrogens is 300 g/mol. The summed E-state index contributed by atoms with van der Waals surface area (Å²) in [6.07, 6.45) is 9.30. The molecule has 0 saturated carbocycles. The van der Waals surface area contributed by atoms with Crippen molar-refractivity contribution < 1.29 is 4.79 Å². The third-order valence-corrected chi connectivity index (χ3v) is 4.78. The standard InChI is InChI=1S/C19H20N4O/c1-22-13-17(11-21-22)19(24)23-7-6-14(12-23)8-16-10-20-9-15-4-2-3-5-18(15)16/h2-5,9-11,13-14H,6-8,12H2,1H3/t14-/m1/s1. The Morgan fingerprint density at radius 3 is 2.96 bits per heavy atom. The largest absolute Gasteiger partial charge is 0.338 e. The van der Waals surface area contributed by atoms with Gasteiger partial charge in [-0.25, -0.2) is 0 Å². The van der Waals surface area contributed by atoms with E-state index in [9.17, 15) is 4.79 Å². The Hall–Kier alpha value is -2.69. The van der Waals surface area contributed by atoms with Crippen LogP contribution in [0.5, 0.6) is 0 Å². The third kappa shape index (κ3) is 2.77. The highest BCUT2D eigenvalue weighted by Gasteiger charge is 2.28. The maximum atomic E-state index is 12.5. The molecule has 0 bridgehead atoms. The Kier molecular flexibility index (Phi) is 3.76. The number of amides is 1. The fraction of sp³-hybridized carbons (Fsp3) is 0.316. The highest BCUT2D eigenvalue weighted by atomic mass is 16.2. The minimum Gasteiger partial charge on any atom is -0.338 e. The molecule has 0 N–H and O–H groups in total. The van der Waals surface area contributed by atoms with Gasteiger partial charge in [0.1, 0.15) is 0 Å². The quantitative estimate of drug-likeness (QED) is 0.745. The summed E-state index contributed by atoms with van der Waals surface area (Å²) in [4.78, 5) is 18.8. The molecule has 0 aliphatic carbocycles. The van der Waals surface area contributed by atoms with E-state index in [1.54, 1.807) is 17.1 Å². The lowest BCUT2D eigenvalue weighted by atomic mass is 9.96. The monoisotopic (exact) mass is 320 g/mol. The van der Waals surface area contributed by atoms with E-state index in [0.29, 0.717) is 11.5 Å². The fourth-order valence-electron chi connectivity index (χ4n) is 3.55. The molecule has 2 aromatic heterocycles. The number of aryl methyl sites for hydroxylation is 1. The van der Waals surface area contributed by atoms with Crippen molar-refractivity contribution in [3.05, 3.63) is 60.2 Å². The molecule has 24 heavy (non-hydrogen) atoms. The van der Waals surface area contributed by atoms with Crippen LogP contribution >= 0.6 is 0 Å². The van der Waals surface area contributed by atoms with Crippen molar-refractivity contribution in [2.75, 3.05) is 13.1 Å². The second kappa shape index (κ2) is 6.07. The smallest absolute Gasteiger partial charge is 0.257 e. The number of nitrogens with zero attached hydrogens (tertiary/aromatic N) is 4. The molecular formula is C19H20N4O. The predicted octanol–water partition coefficient (Wildman–Crippen LogP) is 2.67. The van der Waals surface area contributed by atoms with E-state index in [4.69, 9.17) is 0 Å². The summed E-state index contributed by atoms with van der Waals surface area (Å²) < 4.78 is 1.67. The topological polar surface area (TPSA) is 51.0 Å². The first kappa shape index (κ1) is 14.9. The highest BCUT2D eigenvalue weighted by Crippen LogP contribution is 2.26. The highest BCUT2D eigenvalue weighted by molar-refractivity contribution is 5.94. The van der Waals surface area contributed by atoms with Crippen LogP contribution in [0.15, 0.2) is 49.1 Å². The Labute approximate surface area is 140 Å². The number of rotatable bonds is 3. The Morgan fingerprint density at radius 1 is 1.25 bits per heavy atom. The molecule has 1 aromatic carbocycles. The molecule has 0 unspecified atom stereocenters. The Bertz CT molecular complexity index is 880. The van der Waals surface area contributed by atoms with E-state index < -0.39 is 0 Å². The molecule has 5 nitrogen and oxygen atoms in total. The number of benzene rings is 1. The van der Waals surface area contributed by atoms with Gasteiger partial charge in [0.05, 0.1) is 11.8 Å². The molecule has 3 heterocycles. The van der Waals surface area contributed by atoms with Crippen molar-refractivity contribution in [1.29, 1.82) is 0 Å². The van der Waals surface area contributed by atoms with Gasteiger partial charge in [0.2, 0.25) is 0 Å². The zero-order valence-corrected chi connectivity index (χ0v) is 13.7. The summed E-state index contributed by atoms with van der Waals surface area (Å²) in [5.41, 5.74) is 1.94. The number of hydrogen-bond acceptors (Lipinski definition) is 3. The maximum absolute atomic E-state index is 12.5. The van der Waals surface area contributed by atoms with Crippen LogP contribution in [0.3, 0.4) is 0 Å². The summed E-state index contributed by atoms with van der Waals surface area (Å²) in [7, 11) is 1.83. The SMILES string of the molecule is Cn1cc(C(=O)N2CC[C@H](Cc3cncc4ccccc34)C2)cn1. The Balaban J connectivity index is 1.48. The molecule has 4 rings (SSSR count). The van der Waals surface area contributed by atoms with Crippen LogP contribution in [0.4, 0.5) is 0 Å². The number of fused-ring (bicyclic) bond motifs is 1. The normalized spacial score (nSPS) is 17.5. The van der Waals surface area contributed by atoms with Gasteiger partial charge in [0, 0.05) is 44.1 Å². The minimum atomic E-state index is 0.0849. The van der Waals surface area contributed by atoms with Crippen LogP contribution in [0.1, 0.15) is 22.3 Å². The van der Waals surface area contributed by atoms with E-state index in [1.165, 1.54) is 16.3 Å². The van der Waals surface area contributed by atoms with Crippen LogP contribution < -0.4 is 0 Å². The van der Waals surface area contributed by atoms with E-state index in [1.807, 2.05) is 30.4 Å². The fourth-order valence-corrected chi connectivity index (χ4v) is 3.55. The summed E-state index contributed by atoms with van der Waals surface area (Å²) in [6.45, 7) is 1.62. The van der Waals surface area contributed by atoms with Crippen LogP contribution in [0.2, 0.25) is 0 Å². The van der Waals surface area contributed by atoms with Crippen molar-refractivity contribution in [3.8, 4) is 0 Å². The van der Waals surface area contributed by atoms with Gasteiger partial charge in [-0.3, -0.25) is 14.5 Å². The van der Waals surface area contributed by atoms with Crippen molar-refractivity contribution in [2.45, 2.75) is 12.8 Å². The summed E-state index contributed by atoms with van der Waals surface area (Å²) in [6, 6.07) is 8.36. The second-order valence-electron chi connectivity index (χ2n) is 6.53. The molecule has 1 aliphatic heterocycles. The Morgan fingerprint density at radius 2 is 2.12 bits per heavy atom. The van der Waals surface area contributed by atoms with Crippen molar-refractivity contribution in [1.82, 2.24) is 19.7 Å². The van der Waals surface area contributed by atoms with Gasteiger partial charge in [-0.1, -0.05) is 24.3 Å². The first-order valence-corrected chi connectivity index (χ1v) is 8.30. The van der Waals surface area contributed by atoms with E-state index in [0.717, 1.165) is 25.9 Å². The lowest BCUT2D eigenvalue weighted by Crippen LogP contribution is -2.28. The van der Waals surface area contributed by atoms with E-state index >= 15 is 0 Å². The van der Waals surface area contributed by atoms with Gasteiger partial charge in [-0.15, -0.1) is 0 Å². The van der Waals surface area contributed by atoms with Crippen molar-refractivity contribution in [2.24, 2.45) is 13.0 Å². The molecule has 3 aromatic rings. The molecule has 0 radical (unpaired) electrons. The second-order valence-corrected chi connectivity index (χ2v) is 6.53. The molecule has 1 amide bonds. The first-order chi connectivity index (χ1) is 11.7. The molecule has 5 heteroatoms. The lowest BCUT2D eigenvalue weighted by Gasteiger charge is -2.16. The average molecular weight is 320 g/mol. The molecule has 122 valence electrons. The molecule has 1 saturated heterocycles. The molecule has 1 aliphatic rings.